The van der Waals surface area contributed by atoms with Gasteiger partial charge in [0.25, 0.3) is 0 Å². The smallest absolute Gasteiger partial charge is 0.157 e. The fraction of sp³-hybridized carbons (Fsp3) is 0.379. The monoisotopic (exact) mass is 477 g/mol. The second-order valence-corrected chi connectivity index (χ2v) is 13.0. The van der Waals surface area contributed by atoms with Crippen LogP contribution in [0.1, 0.15) is 50.3 Å². The third-order valence-electron chi connectivity index (χ3n) is 7.07. The number of hydrogen-bond acceptors (Lipinski definition) is 4. The molecule has 34 heavy (non-hydrogen) atoms. The highest BCUT2D eigenvalue weighted by Gasteiger charge is 2.49. The molecule has 3 aromatic rings. The molecule has 5 heteroatoms. The molecule has 0 radical (unpaired) electrons. The van der Waals surface area contributed by atoms with Gasteiger partial charge < -0.3 is 5.11 Å². The lowest BCUT2D eigenvalue weighted by Crippen LogP contribution is -2.55. The van der Waals surface area contributed by atoms with Crippen LogP contribution in [0.25, 0.3) is 0 Å². The van der Waals surface area contributed by atoms with Crippen molar-refractivity contribution in [2.45, 2.75) is 56.0 Å². The predicted molar refractivity (Wildman–Crippen MR) is 138 cm³/mol. The average molecular weight is 478 g/mol. The Hall–Kier alpha value is -2.47. The van der Waals surface area contributed by atoms with Gasteiger partial charge in [0.05, 0.1) is 22.1 Å². The number of sulfone groups is 1. The van der Waals surface area contributed by atoms with Crippen molar-refractivity contribution in [1.82, 2.24) is 4.90 Å². The lowest BCUT2D eigenvalue weighted by Gasteiger charge is -2.47. The molecular weight excluding hydrogens is 442 g/mol. The van der Waals surface area contributed by atoms with E-state index in [9.17, 15) is 13.5 Å². The summed E-state index contributed by atoms with van der Waals surface area (Å²) in [6.45, 7) is 5.85. The Bertz CT molecular complexity index is 1080. The van der Waals surface area contributed by atoms with Gasteiger partial charge in [0.2, 0.25) is 0 Å². The first-order chi connectivity index (χ1) is 16.2. The third kappa shape index (κ3) is 4.45. The SMILES string of the molecule is CC(C)(C)S(=O)(=O)C[C@@H](O)[C@@H]1CCCN1C(c1ccccc1)(c1ccccc1)c1ccccc1. The molecule has 1 saturated heterocycles. The van der Waals surface area contributed by atoms with Gasteiger partial charge in [-0.15, -0.1) is 0 Å². The van der Waals surface area contributed by atoms with Gasteiger partial charge in [-0.3, -0.25) is 4.90 Å². The van der Waals surface area contributed by atoms with E-state index in [2.05, 4.69) is 41.3 Å². The molecule has 1 aliphatic heterocycles. The summed E-state index contributed by atoms with van der Waals surface area (Å²) in [7, 11) is -3.47. The maximum atomic E-state index is 13.0. The van der Waals surface area contributed by atoms with Crippen molar-refractivity contribution >= 4 is 9.84 Å². The lowest BCUT2D eigenvalue weighted by atomic mass is 9.75. The molecule has 0 spiro atoms. The van der Waals surface area contributed by atoms with Crippen LogP contribution in [0.5, 0.6) is 0 Å². The van der Waals surface area contributed by atoms with Crippen LogP contribution in [-0.2, 0) is 15.4 Å². The molecule has 1 fully saturated rings. The van der Waals surface area contributed by atoms with Crippen LogP contribution < -0.4 is 0 Å². The van der Waals surface area contributed by atoms with Crippen molar-refractivity contribution in [1.29, 1.82) is 0 Å². The summed E-state index contributed by atoms with van der Waals surface area (Å²) in [5.74, 6) is -0.244. The molecule has 0 saturated carbocycles. The Kier molecular flexibility index (Phi) is 6.99. The van der Waals surface area contributed by atoms with E-state index in [0.29, 0.717) is 0 Å². The van der Waals surface area contributed by atoms with Crippen LogP contribution >= 0.6 is 0 Å². The summed E-state index contributed by atoms with van der Waals surface area (Å²) in [4.78, 5) is 2.34. The standard InChI is InChI=1S/C29H35NO3S/c1-28(2,3)34(32,33)22-27(31)26-20-13-21-30(26)29(23-14-7-4-8-15-23,24-16-9-5-10-17-24)25-18-11-6-12-19-25/h4-12,14-19,26-27,31H,13,20-22H2,1-3H3/t26-,27+/m0/s1. The highest BCUT2D eigenvalue weighted by Crippen LogP contribution is 2.46. The number of aliphatic hydroxyl groups is 1. The van der Waals surface area contributed by atoms with Crippen LogP contribution in [0.4, 0.5) is 0 Å². The molecule has 1 aliphatic rings. The minimum absolute atomic E-state index is 0.244. The molecular formula is C29H35NO3S. The number of aliphatic hydroxyl groups excluding tert-OH is 1. The van der Waals surface area contributed by atoms with E-state index < -0.39 is 26.2 Å². The summed E-state index contributed by atoms with van der Waals surface area (Å²) < 4.78 is 25.1. The van der Waals surface area contributed by atoms with Gasteiger partial charge in [-0.05, 0) is 50.3 Å². The Morgan fingerprint density at radius 3 is 1.62 bits per heavy atom. The quantitative estimate of drug-likeness (QED) is 0.486. The minimum Gasteiger partial charge on any atom is -0.390 e. The topological polar surface area (TPSA) is 57.6 Å². The molecule has 1 N–H and O–H groups in total. The number of hydrogen-bond donors (Lipinski definition) is 1. The highest BCUT2D eigenvalue weighted by molar-refractivity contribution is 7.92. The normalized spacial score (nSPS) is 18.6. The fourth-order valence-corrected chi connectivity index (χ4v) is 6.40. The molecule has 4 rings (SSSR count). The summed E-state index contributed by atoms with van der Waals surface area (Å²) in [5.41, 5.74) is 2.65. The van der Waals surface area contributed by atoms with Crippen LogP contribution in [-0.4, -0.2) is 47.6 Å². The first-order valence-electron chi connectivity index (χ1n) is 12.0. The Morgan fingerprint density at radius 2 is 1.24 bits per heavy atom. The second-order valence-electron chi connectivity index (χ2n) is 10.2. The average Bonchev–Trinajstić information content (AvgIpc) is 3.31. The Morgan fingerprint density at radius 1 is 0.824 bits per heavy atom. The summed E-state index contributed by atoms with van der Waals surface area (Å²) >= 11 is 0. The zero-order valence-electron chi connectivity index (χ0n) is 20.3. The fourth-order valence-electron chi connectivity index (χ4n) is 5.23. The largest absolute Gasteiger partial charge is 0.390 e. The zero-order valence-corrected chi connectivity index (χ0v) is 21.1. The van der Waals surface area contributed by atoms with Crippen molar-refractivity contribution in [2.24, 2.45) is 0 Å². The molecule has 4 nitrogen and oxygen atoms in total. The lowest BCUT2D eigenvalue weighted by molar-refractivity contribution is 0.0450. The van der Waals surface area contributed by atoms with Crippen LogP contribution in [0.3, 0.4) is 0 Å². The van der Waals surface area contributed by atoms with Gasteiger partial charge in [0.1, 0.15) is 0 Å². The summed E-state index contributed by atoms with van der Waals surface area (Å²) in [6, 6.07) is 30.8. The van der Waals surface area contributed by atoms with Crippen molar-refractivity contribution in [3.63, 3.8) is 0 Å². The molecule has 0 bridgehead atoms. The van der Waals surface area contributed by atoms with Crippen LogP contribution in [0.2, 0.25) is 0 Å². The van der Waals surface area contributed by atoms with Crippen molar-refractivity contribution in [2.75, 3.05) is 12.3 Å². The molecule has 0 aromatic heterocycles. The van der Waals surface area contributed by atoms with E-state index in [4.69, 9.17) is 0 Å². The maximum absolute atomic E-state index is 13.0. The van der Waals surface area contributed by atoms with Gasteiger partial charge in [-0.1, -0.05) is 91.0 Å². The Labute approximate surface area is 204 Å². The zero-order chi connectivity index (χ0) is 24.4. The van der Waals surface area contributed by atoms with E-state index in [1.165, 1.54) is 0 Å². The van der Waals surface area contributed by atoms with Crippen molar-refractivity contribution < 1.29 is 13.5 Å². The van der Waals surface area contributed by atoms with Gasteiger partial charge in [0, 0.05) is 12.6 Å². The molecule has 2 atom stereocenters. The van der Waals surface area contributed by atoms with Crippen LogP contribution in [0.15, 0.2) is 91.0 Å². The van der Waals surface area contributed by atoms with Crippen molar-refractivity contribution in [3.8, 4) is 0 Å². The molecule has 0 amide bonds. The molecule has 180 valence electrons. The summed E-state index contributed by atoms with van der Waals surface area (Å²) in [5, 5.41) is 11.4. The van der Waals surface area contributed by atoms with Gasteiger partial charge in [-0.2, -0.15) is 0 Å². The first kappa shape index (κ1) is 24.6. The molecule has 0 unspecified atom stereocenters. The van der Waals surface area contributed by atoms with Gasteiger partial charge >= 0.3 is 0 Å². The predicted octanol–water partition coefficient (Wildman–Crippen LogP) is 5.02. The molecule has 1 heterocycles. The first-order valence-corrected chi connectivity index (χ1v) is 13.7. The van der Waals surface area contributed by atoms with E-state index in [0.717, 1.165) is 36.1 Å². The second kappa shape index (κ2) is 9.65. The molecule has 3 aromatic carbocycles. The number of nitrogens with zero attached hydrogens (tertiary/aromatic N) is 1. The van der Waals surface area contributed by atoms with E-state index >= 15 is 0 Å². The van der Waals surface area contributed by atoms with E-state index in [1.807, 2.05) is 54.6 Å². The third-order valence-corrected chi connectivity index (χ3v) is 9.72. The minimum atomic E-state index is -3.47. The Balaban J connectivity index is 1.90. The van der Waals surface area contributed by atoms with Gasteiger partial charge in [0.15, 0.2) is 9.84 Å². The van der Waals surface area contributed by atoms with E-state index in [-0.39, 0.29) is 11.8 Å². The summed E-state index contributed by atoms with van der Waals surface area (Å²) in [6.07, 6.45) is 0.655. The maximum Gasteiger partial charge on any atom is 0.157 e. The van der Waals surface area contributed by atoms with Gasteiger partial charge in [-0.25, -0.2) is 8.42 Å². The van der Waals surface area contributed by atoms with Crippen LogP contribution in [0, 0.1) is 0 Å². The number of benzene rings is 3. The molecule has 0 aliphatic carbocycles. The number of rotatable bonds is 7. The van der Waals surface area contributed by atoms with Crippen molar-refractivity contribution in [3.05, 3.63) is 108 Å². The van der Waals surface area contributed by atoms with E-state index in [1.54, 1.807) is 20.8 Å². The highest BCUT2D eigenvalue weighted by atomic mass is 32.2. The number of likely N-dealkylation sites (tertiary alicyclic amines) is 1.